The Kier molecular flexibility index (Phi) is 2.84. The van der Waals surface area contributed by atoms with Gasteiger partial charge in [-0.1, -0.05) is 0 Å². The summed E-state index contributed by atoms with van der Waals surface area (Å²) in [4.78, 5) is 1.90. The van der Waals surface area contributed by atoms with Crippen LogP contribution in [0, 0.1) is 17.1 Å². The number of hydrogen-bond acceptors (Lipinski definition) is 3. The van der Waals surface area contributed by atoms with E-state index in [9.17, 15) is 4.39 Å². The van der Waals surface area contributed by atoms with Gasteiger partial charge in [0.15, 0.2) is 0 Å². The molecule has 15 heavy (non-hydrogen) atoms. The summed E-state index contributed by atoms with van der Waals surface area (Å²) in [6.45, 7) is 2.56. The summed E-state index contributed by atoms with van der Waals surface area (Å²) in [6, 6.07) is 6.42. The summed E-state index contributed by atoms with van der Waals surface area (Å²) in [6.07, 6.45) is 0. The highest BCUT2D eigenvalue weighted by atomic mass is 19.1. The van der Waals surface area contributed by atoms with E-state index in [1.165, 1.54) is 12.1 Å². The summed E-state index contributed by atoms with van der Waals surface area (Å²) in [5, 5.41) is 8.74. The molecule has 0 saturated carbocycles. The third kappa shape index (κ3) is 2.08. The first-order valence-electron chi connectivity index (χ1n) is 4.83. The standard InChI is InChI=1S/C11H11FN2O/c12-10-2-1-9(8-13)7-11(10)14-3-5-15-6-4-14/h1-2,7H,3-6H2. The predicted molar refractivity (Wildman–Crippen MR) is 54.1 cm³/mol. The van der Waals surface area contributed by atoms with Crippen LogP contribution in [0.5, 0.6) is 0 Å². The van der Waals surface area contributed by atoms with Crippen molar-refractivity contribution in [1.82, 2.24) is 0 Å². The molecule has 1 heterocycles. The Balaban J connectivity index is 2.29. The van der Waals surface area contributed by atoms with Crippen molar-refractivity contribution in [1.29, 1.82) is 5.26 Å². The van der Waals surface area contributed by atoms with Crippen molar-refractivity contribution < 1.29 is 9.13 Å². The summed E-state index contributed by atoms with van der Waals surface area (Å²) in [5.41, 5.74) is 0.982. The minimum atomic E-state index is -0.282. The van der Waals surface area contributed by atoms with Gasteiger partial charge in [-0.3, -0.25) is 0 Å². The van der Waals surface area contributed by atoms with Crippen molar-refractivity contribution in [2.75, 3.05) is 31.2 Å². The maximum atomic E-state index is 13.5. The molecule has 1 aliphatic rings. The largest absolute Gasteiger partial charge is 0.378 e. The molecule has 0 radical (unpaired) electrons. The molecule has 78 valence electrons. The minimum Gasteiger partial charge on any atom is -0.378 e. The van der Waals surface area contributed by atoms with Gasteiger partial charge >= 0.3 is 0 Å². The first-order valence-corrected chi connectivity index (χ1v) is 4.83. The van der Waals surface area contributed by atoms with Crippen molar-refractivity contribution in [3.8, 4) is 6.07 Å². The van der Waals surface area contributed by atoms with E-state index in [1.54, 1.807) is 6.07 Å². The van der Waals surface area contributed by atoms with Gasteiger partial charge in [0.05, 0.1) is 30.5 Å². The molecule has 0 aliphatic carbocycles. The minimum absolute atomic E-state index is 0.282. The van der Waals surface area contributed by atoms with Gasteiger partial charge in [-0.2, -0.15) is 5.26 Å². The van der Waals surface area contributed by atoms with Crippen LogP contribution in [0.15, 0.2) is 18.2 Å². The van der Waals surface area contributed by atoms with Crippen LogP contribution in [0.1, 0.15) is 5.56 Å². The van der Waals surface area contributed by atoms with Crippen LogP contribution >= 0.6 is 0 Å². The van der Waals surface area contributed by atoms with Crippen LogP contribution in [0.3, 0.4) is 0 Å². The number of morpholine rings is 1. The van der Waals surface area contributed by atoms with E-state index in [0.29, 0.717) is 37.6 Å². The van der Waals surface area contributed by atoms with Crippen LogP contribution in [0.2, 0.25) is 0 Å². The molecule has 0 bridgehead atoms. The molecule has 1 aromatic rings. The molecular formula is C11H11FN2O. The molecule has 0 spiro atoms. The maximum Gasteiger partial charge on any atom is 0.146 e. The Labute approximate surface area is 87.7 Å². The van der Waals surface area contributed by atoms with Crippen LogP contribution in [0.25, 0.3) is 0 Å². The van der Waals surface area contributed by atoms with E-state index in [0.717, 1.165) is 0 Å². The lowest BCUT2D eigenvalue weighted by atomic mass is 10.2. The zero-order valence-corrected chi connectivity index (χ0v) is 8.24. The highest BCUT2D eigenvalue weighted by molar-refractivity contribution is 5.52. The molecule has 2 rings (SSSR count). The van der Waals surface area contributed by atoms with Crippen molar-refractivity contribution in [2.24, 2.45) is 0 Å². The van der Waals surface area contributed by atoms with Gasteiger partial charge in [-0.15, -0.1) is 0 Å². The summed E-state index contributed by atoms with van der Waals surface area (Å²) >= 11 is 0. The Morgan fingerprint density at radius 1 is 1.33 bits per heavy atom. The number of nitriles is 1. The lowest BCUT2D eigenvalue weighted by molar-refractivity contribution is 0.122. The Morgan fingerprint density at radius 2 is 2.07 bits per heavy atom. The molecule has 0 aromatic heterocycles. The Hall–Kier alpha value is -1.60. The van der Waals surface area contributed by atoms with E-state index in [1.807, 2.05) is 11.0 Å². The van der Waals surface area contributed by atoms with Crippen molar-refractivity contribution in [3.63, 3.8) is 0 Å². The molecule has 1 fully saturated rings. The van der Waals surface area contributed by atoms with Crippen molar-refractivity contribution in [3.05, 3.63) is 29.6 Å². The number of nitrogens with zero attached hydrogens (tertiary/aromatic N) is 2. The molecule has 1 aliphatic heterocycles. The predicted octanol–water partition coefficient (Wildman–Crippen LogP) is 1.53. The first kappa shape index (κ1) is 9.94. The van der Waals surface area contributed by atoms with E-state index in [-0.39, 0.29) is 5.82 Å². The fraction of sp³-hybridized carbons (Fsp3) is 0.364. The lowest BCUT2D eigenvalue weighted by Crippen LogP contribution is -2.36. The summed E-state index contributed by atoms with van der Waals surface area (Å²) in [5.74, 6) is -0.282. The quantitative estimate of drug-likeness (QED) is 0.699. The van der Waals surface area contributed by atoms with Gasteiger partial charge in [0.25, 0.3) is 0 Å². The lowest BCUT2D eigenvalue weighted by Gasteiger charge is -2.29. The van der Waals surface area contributed by atoms with Crippen LogP contribution in [-0.2, 0) is 4.74 Å². The number of ether oxygens (including phenoxy) is 1. The monoisotopic (exact) mass is 206 g/mol. The SMILES string of the molecule is N#Cc1ccc(F)c(N2CCOCC2)c1. The van der Waals surface area contributed by atoms with Crippen LogP contribution in [0.4, 0.5) is 10.1 Å². The molecule has 3 nitrogen and oxygen atoms in total. The van der Waals surface area contributed by atoms with Crippen molar-refractivity contribution in [2.45, 2.75) is 0 Å². The highest BCUT2D eigenvalue weighted by Gasteiger charge is 2.15. The zero-order chi connectivity index (χ0) is 10.7. The average molecular weight is 206 g/mol. The average Bonchev–Trinajstić information content (AvgIpc) is 2.31. The topological polar surface area (TPSA) is 36.3 Å². The van der Waals surface area contributed by atoms with Gasteiger partial charge in [0.2, 0.25) is 0 Å². The van der Waals surface area contributed by atoms with Gasteiger partial charge < -0.3 is 9.64 Å². The fourth-order valence-electron chi connectivity index (χ4n) is 1.63. The van der Waals surface area contributed by atoms with E-state index < -0.39 is 0 Å². The second-order valence-electron chi connectivity index (χ2n) is 3.38. The van der Waals surface area contributed by atoms with Gasteiger partial charge in [-0.25, -0.2) is 4.39 Å². The summed E-state index contributed by atoms with van der Waals surface area (Å²) < 4.78 is 18.7. The number of hydrogen-bond donors (Lipinski definition) is 0. The molecular weight excluding hydrogens is 195 g/mol. The third-order valence-electron chi connectivity index (χ3n) is 2.43. The normalized spacial score (nSPS) is 16.1. The number of halogens is 1. The number of benzene rings is 1. The third-order valence-corrected chi connectivity index (χ3v) is 2.43. The Morgan fingerprint density at radius 3 is 2.73 bits per heavy atom. The van der Waals surface area contributed by atoms with Crippen LogP contribution in [-0.4, -0.2) is 26.3 Å². The molecule has 1 aromatic carbocycles. The van der Waals surface area contributed by atoms with Gasteiger partial charge in [0, 0.05) is 13.1 Å². The highest BCUT2D eigenvalue weighted by Crippen LogP contribution is 2.21. The van der Waals surface area contributed by atoms with Gasteiger partial charge in [0.1, 0.15) is 5.82 Å². The maximum absolute atomic E-state index is 13.5. The number of anilines is 1. The van der Waals surface area contributed by atoms with E-state index in [4.69, 9.17) is 10.00 Å². The Bertz CT molecular complexity index is 394. The number of rotatable bonds is 1. The molecule has 1 saturated heterocycles. The van der Waals surface area contributed by atoms with Crippen molar-refractivity contribution >= 4 is 5.69 Å². The van der Waals surface area contributed by atoms with E-state index in [2.05, 4.69) is 0 Å². The smallest absolute Gasteiger partial charge is 0.146 e. The first-order chi connectivity index (χ1) is 7.31. The molecule has 0 N–H and O–H groups in total. The fourth-order valence-corrected chi connectivity index (χ4v) is 1.63. The zero-order valence-electron chi connectivity index (χ0n) is 8.24. The second-order valence-corrected chi connectivity index (χ2v) is 3.38. The van der Waals surface area contributed by atoms with Gasteiger partial charge in [-0.05, 0) is 18.2 Å². The molecule has 4 heteroatoms. The van der Waals surface area contributed by atoms with E-state index >= 15 is 0 Å². The summed E-state index contributed by atoms with van der Waals surface area (Å²) in [7, 11) is 0. The molecule has 0 atom stereocenters. The molecule has 0 unspecified atom stereocenters. The molecule has 0 amide bonds. The second kappa shape index (κ2) is 4.28. The van der Waals surface area contributed by atoms with Crippen LogP contribution < -0.4 is 4.90 Å².